The summed E-state index contributed by atoms with van der Waals surface area (Å²) in [5.74, 6) is 1.55. The van der Waals surface area contributed by atoms with Gasteiger partial charge >= 0.3 is 0 Å². The molecule has 0 aliphatic heterocycles. The van der Waals surface area contributed by atoms with Gasteiger partial charge in [-0.2, -0.15) is 0 Å². The highest BCUT2D eigenvalue weighted by Gasteiger charge is 2.28. The van der Waals surface area contributed by atoms with Crippen LogP contribution in [0.25, 0.3) is 10.9 Å². The average Bonchev–Trinajstić information content (AvgIpc) is 3.56. The van der Waals surface area contributed by atoms with Gasteiger partial charge in [-0.15, -0.1) is 11.8 Å². The Morgan fingerprint density at radius 1 is 1.17 bits per heavy atom. The Balaban J connectivity index is 1.33. The molecule has 3 aromatic rings. The topological polar surface area (TPSA) is 64.0 Å². The fraction of sp³-hybridized carbons (Fsp3) is 0.348. The van der Waals surface area contributed by atoms with E-state index in [0.29, 0.717) is 30.3 Å². The summed E-state index contributed by atoms with van der Waals surface area (Å²) >= 11 is 1.73. The summed E-state index contributed by atoms with van der Waals surface area (Å²) in [7, 11) is 0. The molecule has 1 aromatic heterocycles. The zero-order valence-electron chi connectivity index (χ0n) is 16.6. The Bertz CT molecular complexity index is 1070. The van der Waals surface area contributed by atoms with Gasteiger partial charge in [0.05, 0.1) is 10.9 Å². The van der Waals surface area contributed by atoms with E-state index in [-0.39, 0.29) is 17.5 Å². The summed E-state index contributed by atoms with van der Waals surface area (Å²) in [5, 5.41) is 3.63. The van der Waals surface area contributed by atoms with E-state index < -0.39 is 0 Å². The first kappa shape index (κ1) is 19.7. The Morgan fingerprint density at radius 3 is 2.69 bits per heavy atom. The number of nitrogens with one attached hydrogen (secondary N) is 1. The summed E-state index contributed by atoms with van der Waals surface area (Å²) in [5.41, 5.74) is 1.97. The molecule has 5 nitrogen and oxygen atoms in total. The fourth-order valence-electron chi connectivity index (χ4n) is 3.39. The predicted molar refractivity (Wildman–Crippen MR) is 118 cm³/mol. The smallest absolute Gasteiger partial charge is 0.261 e. The summed E-state index contributed by atoms with van der Waals surface area (Å²) in [4.78, 5) is 31.0. The van der Waals surface area contributed by atoms with Crippen molar-refractivity contribution in [3.8, 4) is 0 Å². The van der Waals surface area contributed by atoms with Crippen molar-refractivity contribution in [3.05, 3.63) is 70.3 Å². The number of benzene rings is 2. The third kappa shape index (κ3) is 4.88. The number of aryl methyl sites for hydroxylation is 2. The molecule has 0 bridgehead atoms. The number of aromatic nitrogens is 2. The maximum Gasteiger partial charge on any atom is 0.261 e. The maximum atomic E-state index is 12.9. The lowest BCUT2D eigenvalue weighted by Gasteiger charge is -2.13. The molecule has 0 unspecified atom stereocenters. The Morgan fingerprint density at radius 2 is 1.93 bits per heavy atom. The van der Waals surface area contributed by atoms with Crippen LogP contribution in [0.3, 0.4) is 0 Å². The van der Waals surface area contributed by atoms with Crippen molar-refractivity contribution in [1.29, 1.82) is 0 Å². The van der Waals surface area contributed by atoms with Gasteiger partial charge in [0.1, 0.15) is 5.82 Å². The van der Waals surface area contributed by atoms with E-state index >= 15 is 0 Å². The van der Waals surface area contributed by atoms with Gasteiger partial charge in [-0.1, -0.05) is 29.8 Å². The number of thioether (sulfide) groups is 1. The Kier molecular flexibility index (Phi) is 6.00. The number of carbonyl (C=O) groups is 1. The minimum Gasteiger partial charge on any atom is -0.355 e. The number of para-hydroxylation sites is 1. The van der Waals surface area contributed by atoms with Crippen molar-refractivity contribution < 1.29 is 4.79 Å². The molecular weight excluding hydrogens is 382 g/mol. The number of rotatable bonds is 8. The minimum atomic E-state index is -0.000685. The van der Waals surface area contributed by atoms with Crippen LogP contribution in [0.2, 0.25) is 0 Å². The molecule has 1 heterocycles. The van der Waals surface area contributed by atoms with Gasteiger partial charge in [0.2, 0.25) is 5.91 Å². The summed E-state index contributed by atoms with van der Waals surface area (Å²) < 4.78 is 1.81. The average molecular weight is 408 g/mol. The first-order chi connectivity index (χ1) is 14.1. The second-order valence-electron chi connectivity index (χ2n) is 7.46. The lowest BCUT2D eigenvalue weighted by Crippen LogP contribution is -2.28. The van der Waals surface area contributed by atoms with Crippen molar-refractivity contribution >= 4 is 28.6 Å². The highest BCUT2D eigenvalue weighted by molar-refractivity contribution is 7.99. The van der Waals surface area contributed by atoms with Crippen molar-refractivity contribution in [2.24, 2.45) is 0 Å². The molecule has 1 N–H and O–H groups in total. The van der Waals surface area contributed by atoms with Gasteiger partial charge in [0.15, 0.2) is 0 Å². The highest BCUT2D eigenvalue weighted by Crippen LogP contribution is 2.34. The molecule has 4 rings (SSSR count). The zero-order chi connectivity index (χ0) is 20.2. The number of fused-ring (bicyclic) bond motifs is 1. The first-order valence-electron chi connectivity index (χ1n) is 10.1. The van der Waals surface area contributed by atoms with Gasteiger partial charge in [0, 0.05) is 36.1 Å². The maximum absolute atomic E-state index is 12.9. The van der Waals surface area contributed by atoms with Gasteiger partial charge in [-0.25, -0.2) is 4.98 Å². The molecule has 1 aliphatic carbocycles. The van der Waals surface area contributed by atoms with Gasteiger partial charge < -0.3 is 5.32 Å². The molecule has 29 heavy (non-hydrogen) atoms. The van der Waals surface area contributed by atoms with E-state index in [0.717, 1.165) is 24.4 Å². The Labute approximate surface area is 174 Å². The number of hydrogen-bond donors (Lipinski definition) is 1. The quantitative estimate of drug-likeness (QED) is 0.455. The van der Waals surface area contributed by atoms with Gasteiger partial charge in [0.25, 0.3) is 5.56 Å². The number of hydrogen-bond acceptors (Lipinski definition) is 4. The third-order valence-corrected chi connectivity index (χ3v) is 6.10. The van der Waals surface area contributed by atoms with Crippen LogP contribution in [0, 0.1) is 6.92 Å². The van der Waals surface area contributed by atoms with Crippen LogP contribution < -0.4 is 10.9 Å². The second-order valence-corrected chi connectivity index (χ2v) is 8.63. The molecule has 1 aliphatic rings. The molecule has 150 valence electrons. The first-order valence-corrected chi connectivity index (χ1v) is 11.1. The molecule has 1 fully saturated rings. The van der Waals surface area contributed by atoms with E-state index in [9.17, 15) is 9.59 Å². The lowest BCUT2D eigenvalue weighted by atomic mass is 10.2. The van der Waals surface area contributed by atoms with E-state index in [1.165, 1.54) is 10.5 Å². The SMILES string of the molecule is Cc1ccc(SCCNC(=O)CCc2nc3ccccc3c(=O)n2C2CC2)cc1. The van der Waals surface area contributed by atoms with Crippen LogP contribution in [0.15, 0.2) is 58.2 Å². The van der Waals surface area contributed by atoms with E-state index in [1.54, 1.807) is 11.8 Å². The number of carbonyl (C=O) groups excluding carboxylic acids is 1. The fourth-order valence-corrected chi connectivity index (χ4v) is 4.15. The summed E-state index contributed by atoms with van der Waals surface area (Å²) in [6.45, 7) is 2.69. The monoisotopic (exact) mass is 407 g/mol. The van der Waals surface area contributed by atoms with Crippen LogP contribution in [0.1, 0.15) is 36.7 Å². The predicted octanol–water partition coefficient (Wildman–Crippen LogP) is 3.88. The van der Waals surface area contributed by atoms with Gasteiger partial charge in [-0.05, 0) is 44.0 Å². The van der Waals surface area contributed by atoms with E-state index in [2.05, 4.69) is 36.5 Å². The lowest BCUT2D eigenvalue weighted by molar-refractivity contribution is -0.120. The zero-order valence-corrected chi connectivity index (χ0v) is 17.4. The number of amides is 1. The molecule has 0 saturated heterocycles. The Hall–Kier alpha value is -2.60. The van der Waals surface area contributed by atoms with Crippen LogP contribution in [-0.4, -0.2) is 27.8 Å². The van der Waals surface area contributed by atoms with Crippen LogP contribution in [0.5, 0.6) is 0 Å². The summed E-state index contributed by atoms with van der Waals surface area (Å²) in [6.07, 6.45) is 2.84. The molecule has 6 heteroatoms. The van der Waals surface area contributed by atoms with E-state index in [1.807, 2.05) is 28.8 Å². The molecule has 2 aromatic carbocycles. The molecule has 0 radical (unpaired) electrons. The molecule has 1 amide bonds. The standard InChI is InChI=1S/C23H25N3O2S/c1-16-6-10-18(11-7-16)29-15-14-24-22(27)13-12-21-25-20-5-3-2-4-19(20)23(28)26(21)17-8-9-17/h2-7,10-11,17H,8-9,12-15H2,1H3,(H,24,27). The second kappa shape index (κ2) is 8.82. The molecular formula is C23H25N3O2S. The van der Waals surface area contributed by atoms with E-state index in [4.69, 9.17) is 4.98 Å². The van der Waals surface area contributed by atoms with Crippen LogP contribution in [-0.2, 0) is 11.2 Å². The van der Waals surface area contributed by atoms with Gasteiger partial charge in [-0.3, -0.25) is 14.2 Å². The van der Waals surface area contributed by atoms with Crippen molar-refractivity contribution in [3.63, 3.8) is 0 Å². The van der Waals surface area contributed by atoms with Crippen molar-refractivity contribution in [1.82, 2.24) is 14.9 Å². The number of nitrogens with zero attached hydrogens (tertiary/aromatic N) is 2. The van der Waals surface area contributed by atoms with Crippen LogP contribution >= 0.6 is 11.8 Å². The molecule has 0 spiro atoms. The minimum absolute atomic E-state index is 0.000685. The molecule has 0 atom stereocenters. The third-order valence-electron chi connectivity index (χ3n) is 5.08. The largest absolute Gasteiger partial charge is 0.355 e. The van der Waals surface area contributed by atoms with Crippen molar-refractivity contribution in [2.45, 2.75) is 43.5 Å². The summed E-state index contributed by atoms with van der Waals surface area (Å²) in [6, 6.07) is 16.1. The highest BCUT2D eigenvalue weighted by atomic mass is 32.2. The van der Waals surface area contributed by atoms with Crippen LogP contribution in [0.4, 0.5) is 0 Å². The molecule has 1 saturated carbocycles. The van der Waals surface area contributed by atoms with Crippen molar-refractivity contribution in [2.75, 3.05) is 12.3 Å². The normalized spacial score (nSPS) is 13.6.